The zero-order valence-electron chi connectivity index (χ0n) is 15.3. The van der Waals surface area contributed by atoms with Crippen molar-refractivity contribution in [3.05, 3.63) is 52.5 Å². The van der Waals surface area contributed by atoms with E-state index in [0.29, 0.717) is 33.3 Å². The molecule has 0 aliphatic heterocycles. The second-order valence-electron chi connectivity index (χ2n) is 5.78. The Balaban J connectivity index is 1.63. The third kappa shape index (κ3) is 4.98. The minimum absolute atomic E-state index is 0.175. The number of amides is 1. The SMILES string of the molecule is CCOc1ccc(-c2nnc(SCC(=O)Nc3ccc(Cl)cc3Cl)n2C)cc1. The van der Waals surface area contributed by atoms with E-state index in [0.717, 1.165) is 11.3 Å². The smallest absolute Gasteiger partial charge is 0.234 e. The van der Waals surface area contributed by atoms with Crippen LogP contribution in [0, 0.1) is 0 Å². The molecule has 9 heteroatoms. The molecule has 0 fully saturated rings. The number of thioether (sulfide) groups is 1. The van der Waals surface area contributed by atoms with Crippen molar-refractivity contribution in [3.8, 4) is 17.1 Å². The van der Waals surface area contributed by atoms with Gasteiger partial charge in [0.25, 0.3) is 0 Å². The molecule has 0 radical (unpaired) electrons. The molecular formula is C19H18Cl2N4O2S. The van der Waals surface area contributed by atoms with Gasteiger partial charge in [-0.1, -0.05) is 35.0 Å². The quantitative estimate of drug-likeness (QED) is 0.532. The van der Waals surface area contributed by atoms with Gasteiger partial charge >= 0.3 is 0 Å². The fourth-order valence-corrected chi connectivity index (χ4v) is 3.63. The van der Waals surface area contributed by atoms with Crippen molar-refractivity contribution in [2.75, 3.05) is 17.7 Å². The summed E-state index contributed by atoms with van der Waals surface area (Å²) >= 11 is 13.2. The van der Waals surface area contributed by atoms with E-state index in [1.165, 1.54) is 11.8 Å². The summed E-state index contributed by atoms with van der Waals surface area (Å²) in [6.45, 7) is 2.56. The van der Waals surface area contributed by atoms with Gasteiger partial charge in [0.2, 0.25) is 5.91 Å². The predicted molar refractivity (Wildman–Crippen MR) is 113 cm³/mol. The summed E-state index contributed by atoms with van der Waals surface area (Å²) in [6.07, 6.45) is 0. The van der Waals surface area contributed by atoms with Crippen LogP contribution >= 0.6 is 35.0 Å². The van der Waals surface area contributed by atoms with Gasteiger partial charge in [0, 0.05) is 17.6 Å². The highest BCUT2D eigenvalue weighted by Gasteiger charge is 2.14. The van der Waals surface area contributed by atoms with E-state index in [1.54, 1.807) is 18.2 Å². The second kappa shape index (κ2) is 9.32. The first-order chi connectivity index (χ1) is 13.5. The van der Waals surface area contributed by atoms with Crippen LogP contribution in [0.4, 0.5) is 5.69 Å². The molecule has 0 aliphatic carbocycles. The van der Waals surface area contributed by atoms with Crippen LogP contribution in [0.3, 0.4) is 0 Å². The van der Waals surface area contributed by atoms with E-state index in [1.807, 2.05) is 42.8 Å². The van der Waals surface area contributed by atoms with E-state index in [2.05, 4.69) is 15.5 Å². The average molecular weight is 437 g/mol. The van der Waals surface area contributed by atoms with Crippen molar-refractivity contribution in [1.29, 1.82) is 0 Å². The number of aromatic nitrogens is 3. The number of halogens is 2. The number of rotatable bonds is 7. The van der Waals surface area contributed by atoms with Crippen LogP contribution in [0.15, 0.2) is 47.6 Å². The predicted octanol–water partition coefficient (Wildman–Crippen LogP) is 4.92. The lowest BCUT2D eigenvalue weighted by Gasteiger charge is -2.08. The lowest BCUT2D eigenvalue weighted by atomic mass is 10.2. The number of benzene rings is 2. The van der Waals surface area contributed by atoms with Gasteiger partial charge in [-0.3, -0.25) is 4.79 Å². The Kier molecular flexibility index (Phi) is 6.83. The highest BCUT2D eigenvalue weighted by molar-refractivity contribution is 7.99. The maximum atomic E-state index is 12.2. The molecule has 0 spiro atoms. The monoisotopic (exact) mass is 436 g/mol. The Bertz CT molecular complexity index is 977. The summed E-state index contributed by atoms with van der Waals surface area (Å²) in [5, 5.41) is 12.7. The molecule has 0 saturated carbocycles. The Morgan fingerprint density at radius 3 is 2.61 bits per heavy atom. The van der Waals surface area contributed by atoms with Crippen molar-refractivity contribution >= 4 is 46.6 Å². The van der Waals surface area contributed by atoms with Crippen molar-refractivity contribution in [3.63, 3.8) is 0 Å². The molecule has 0 saturated heterocycles. The maximum absolute atomic E-state index is 12.2. The highest BCUT2D eigenvalue weighted by Crippen LogP contribution is 2.27. The molecule has 28 heavy (non-hydrogen) atoms. The summed E-state index contributed by atoms with van der Waals surface area (Å²) in [4.78, 5) is 12.2. The van der Waals surface area contributed by atoms with Crippen LogP contribution in [0.2, 0.25) is 10.0 Å². The normalized spacial score (nSPS) is 10.7. The van der Waals surface area contributed by atoms with Gasteiger partial charge in [-0.05, 0) is 49.4 Å². The van der Waals surface area contributed by atoms with Gasteiger partial charge in [-0.2, -0.15) is 0 Å². The third-order valence-corrected chi connectivity index (χ3v) is 5.36. The summed E-state index contributed by atoms with van der Waals surface area (Å²) in [5.41, 5.74) is 1.44. The topological polar surface area (TPSA) is 69.0 Å². The fourth-order valence-electron chi connectivity index (χ4n) is 2.47. The minimum atomic E-state index is -0.195. The van der Waals surface area contributed by atoms with Crippen LogP contribution in [-0.2, 0) is 11.8 Å². The van der Waals surface area contributed by atoms with Crippen molar-refractivity contribution < 1.29 is 9.53 Å². The lowest BCUT2D eigenvalue weighted by Crippen LogP contribution is -2.14. The van der Waals surface area contributed by atoms with Crippen LogP contribution < -0.4 is 10.1 Å². The van der Waals surface area contributed by atoms with Crippen LogP contribution in [-0.4, -0.2) is 33.0 Å². The van der Waals surface area contributed by atoms with Gasteiger partial charge < -0.3 is 14.6 Å². The van der Waals surface area contributed by atoms with Gasteiger partial charge in [0.1, 0.15) is 5.75 Å². The van der Waals surface area contributed by atoms with E-state index >= 15 is 0 Å². The first-order valence-corrected chi connectivity index (χ1v) is 10.2. The van der Waals surface area contributed by atoms with Crippen LogP contribution in [0.25, 0.3) is 11.4 Å². The number of nitrogens with one attached hydrogen (secondary N) is 1. The van der Waals surface area contributed by atoms with E-state index in [-0.39, 0.29) is 11.7 Å². The Hall–Kier alpha value is -2.22. The molecule has 1 aromatic heterocycles. The Labute approximate surface area is 177 Å². The summed E-state index contributed by atoms with van der Waals surface area (Å²) in [7, 11) is 1.86. The minimum Gasteiger partial charge on any atom is -0.494 e. The van der Waals surface area contributed by atoms with Crippen molar-refractivity contribution in [2.24, 2.45) is 7.05 Å². The van der Waals surface area contributed by atoms with Crippen molar-refractivity contribution in [2.45, 2.75) is 12.1 Å². The third-order valence-electron chi connectivity index (χ3n) is 3.80. The fraction of sp³-hybridized carbons (Fsp3) is 0.211. The number of carbonyl (C=O) groups is 1. The largest absolute Gasteiger partial charge is 0.494 e. The summed E-state index contributed by atoms with van der Waals surface area (Å²) in [5.74, 6) is 1.50. The van der Waals surface area contributed by atoms with E-state index < -0.39 is 0 Å². The van der Waals surface area contributed by atoms with Gasteiger partial charge in [-0.15, -0.1) is 10.2 Å². The molecule has 1 heterocycles. The standard InChI is InChI=1S/C19H18Cl2N4O2S/c1-3-27-14-7-4-12(5-8-14)18-23-24-19(25(18)2)28-11-17(26)22-16-9-6-13(20)10-15(16)21/h4-10H,3,11H2,1-2H3,(H,22,26). The molecule has 1 amide bonds. The molecule has 2 aromatic carbocycles. The first-order valence-electron chi connectivity index (χ1n) is 8.48. The number of hydrogen-bond acceptors (Lipinski definition) is 5. The van der Waals surface area contributed by atoms with Crippen LogP contribution in [0.1, 0.15) is 6.92 Å². The highest BCUT2D eigenvalue weighted by atomic mass is 35.5. The second-order valence-corrected chi connectivity index (χ2v) is 7.57. The summed E-state index contributed by atoms with van der Waals surface area (Å²) < 4.78 is 7.30. The maximum Gasteiger partial charge on any atom is 0.234 e. The molecule has 3 rings (SSSR count). The van der Waals surface area contributed by atoms with Crippen molar-refractivity contribution in [1.82, 2.24) is 14.8 Å². The van der Waals surface area contributed by atoms with E-state index in [9.17, 15) is 4.79 Å². The van der Waals surface area contributed by atoms with Gasteiger partial charge in [-0.25, -0.2) is 0 Å². The average Bonchev–Trinajstić information content (AvgIpc) is 3.04. The van der Waals surface area contributed by atoms with E-state index in [4.69, 9.17) is 27.9 Å². The molecular weight excluding hydrogens is 419 g/mol. The number of hydrogen-bond donors (Lipinski definition) is 1. The zero-order chi connectivity index (χ0) is 20.1. The Morgan fingerprint density at radius 2 is 1.93 bits per heavy atom. The number of anilines is 1. The molecule has 6 nitrogen and oxygen atoms in total. The summed E-state index contributed by atoms with van der Waals surface area (Å²) in [6, 6.07) is 12.6. The molecule has 0 aliphatic rings. The molecule has 146 valence electrons. The number of nitrogens with zero attached hydrogens (tertiary/aromatic N) is 3. The molecule has 1 N–H and O–H groups in total. The lowest BCUT2D eigenvalue weighted by molar-refractivity contribution is -0.113. The molecule has 3 aromatic rings. The number of ether oxygens (including phenoxy) is 1. The molecule has 0 atom stereocenters. The van der Waals surface area contributed by atoms with Gasteiger partial charge in [0.05, 0.1) is 23.1 Å². The molecule has 0 bridgehead atoms. The Morgan fingerprint density at radius 1 is 1.18 bits per heavy atom. The first kappa shape index (κ1) is 20.5. The van der Waals surface area contributed by atoms with Crippen LogP contribution in [0.5, 0.6) is 5.75 Å². The van der Waals surface area contributed by atoms with Gasteiger partial charge in [0.15, 0.2) is 11.0 Å². The zero-order valence-corrected chi connectivity index (χ0v) is 17.6. The molecule has 0 unspecified atom stereocenters. The number of carbonyl (C=O) groups excluding carboxylic acids is 1.